The van der Waals surface area contributed by atoms with Gasteiger partial charge in [-0.1, -0.05) is 19.9 Å². The maximum atomic E-state index is 13.8. The van der Waals surface area contributed by atoms with Crippen molar-refractivity contribution in [2.45, 2.75) is 39.4 Å². The molecule has 0 aliphatic carbocycles. The number of rotatable bonds is 3. The molecule has 0 radical (unpaired) electrons. The minimum atomic E-state index is -0.719. The summed E-state index contributed by atoms with van der Waals surface area (Å²) in [6, 6.07) is 1.92. The molecule has 1 N–H and O–H groups in total. The maximum absolute atomic E-state index is 13.8. The number of benzene rings is 1. The predicted octanol–water partition coefficient (Wildman–Crippen LogP) is 1.84. The standard InChI is InChI=1S/C15H18F2N2O2/c1-8(2)13-14(20)18-9(3)15(21)19(13)7-10-4-5-11(16)6-12(10)17/h4-6,8-9,13H,7H2,1-3H3,(H,18,20). The molecule has 114 valence electrons. The van der Waals surface area contributed by atoms with Gasteiger partial charge in [0.2, 0.25) is 11.8 Å². The summed E-state index contributed by atoms with van der Waals surface area (Å²) in [7, 11) is 0. The van der Waals surface area contributed by atoms with Crippen LogP contribution in [0.2, 0.25) is 0 Å². The monoisotopic (exact) mass is 296 g/mol. The summed E-state index contributed by atoms with van der Waals surface area (Å²) in [6.45, 7) is 5.18. The first-order valence-electron chi connectivity index (χ1n) is 6.86. The predicted molar refractivity (Wildman–Crippen MR) is 73.1 cm³/mol. The number of amides is 2. The molecule has 21 heavy (non-hydrogen) atoms. The molecule has 0 saturated carbocycles. The Morgan fingerprint density at radius 2 is 1.95 bits per heavy atom. The van der Waals surface area contributed by atoms with E-state index in [1.807, 2.05) is 13.8 Å². The first kappa shape index (κ1) is 15.4. The van der Waals surface area contributed by atoms with Crippen molar-refractivity contribution in [1.29, 1.82) is 0 Å². The topological polar surface area (TPSA) is 49.4 Å². The lowest BCUT2D eigenvalue weighted by atomic mass is 9.96. The van der Waals surface area contributed by atoms with Crippen LogP contribution in [0.4, 0.5) is 8.78 Å². The van der Waals surface area contributed by atoms with Crippen LogP contribution in [-0.2, 0) is 16.1 Å². The Kier molecular flexibility index (Phi) is 4.25. The normalized spacial score (nSPS) is 22.7. The minimum Gasteiger partial charge on any atom is -0.343 e. The molecule has 1 aliphatic rings. The van der Waals surface area contributed by atoms with E-state index in [0.717, 1.165) is 12.1 Å². The van der Waals surface area contributed by atoms with Crippen LogP contribution in [0, 0.1) is 17.6 Å². The van der Waals surface area contributed by atoms with Crippen molar-refractivity contribution in [3.8, 4) is 0 Å². The van der Waals surface area contributed by atoms with Gasteiger partial charge in [-0.05, 0) is 18.9 Å². The molecular weight excluding hydrogens is 278 g/mol. The summed E-state index contributed by atoms with van der Waals surface area (Å²) in [6.07, 6.45) is 0. The lowest BCUT2D eigenvalue weighted by molar-refractivity contribution is -0.151. The summed E-state index contributed by atoms with van der Waals surface area (Å²) < 4.78 is 26.7. The van der Waals surface area contributed by atoms with E-state index in [1.54, 1.807) is 6.92 Å². The van der Waals surface area contributed by atoms with Crippen molar-refractivity contribution < 1.29 is 18.4 Å². The van der Waals surface area contributed by atoms with Crippen LogP contribution >= 0.6 is 0 Å². The van der Waals surface area contributed by atoms with Crippen molar-refractivity contribution in [1.82, 2.24) is 10.2 Å². The van der Waals surface area contributed by atoms with Crippen molar-refractivity contribution in [3.05, 3.63) is 35.4 Å². The number of nitrogens with zero attached hydrogens (tertiary/aromatic N) is 1. The summed E-state index contributed by atoms with van der Waals surface area (Å²) in [4.78, 5) is 25.7. The van der Waals surface area contributed by atoms with E-state index in [0.29, 0.717) is 0 Å². The maximum Gasteiger partial charge on any atom is 0.245 e. The number of halogens is 2. The zero-order valence-electron chi connectivity index (χ0n) is 12.2. The van der Waals surface area contributed by atoms with Gasteiger partial charge in [0.15, 0.2) is 0 Å². The molecule has 2 amide bonds. The van der Waals surface area contributed by atoms with E-state index in [-0.39, 0.29) is 29.8 Å². The molecule has 0 bridgehead atoms. The first-order valence-corrected chi connectivity index (χ1v) is 6.86. The average molecular weight is 296 g/mol. The fraction of sp³-hybridized carbons (Fsp3) is 0.467. The van der Waals surface area contributed by atoms with Crippen LogP contribution in [0.25, 0.3) is 0 Å². The van der Waals surface area contributed by atoms with Crippen LogP contribution in [-0.4, -0.2) is 28.8 Å². The molecule has 1 aliphatic heterocycles. The third kappa shape index (κ3) is 3.04. The Morgan fingerprint density at radius 3 is 2.52 bits per heavy atom. The fourth-order valence-electron chi connectivity index (χ4n) is 2.56. The number of piperazine rings is 1. The Morgan fingerprint density at radius 1 is 1.29 bits per heavy atom. The second-order valence-electron chi connectivity index (χ2n) is 5.62. The van der Waals surface area contributed by atoms with Gasteiger partial charge in [-0.2, -0.15) is 0 Å². The highest BCUT2D eigenvalue weighted by molar-refractivity contribution is 5.96. The molecule has 2 atom stereocenters. The number of carbonyl (C=O) groups is 2. The third-order valence-corrected chi connectivity index (χ3v) is 3.60. The van der Waals surface area contributed by atoms with Crippen LogP contribution in [0.3, 0.4) is 0 Å². The molecular formula is C15H18F2N2O2. The number of hydrogen-bond acceptors (Lipinski definition) is 2. The number of nitrogens with one attached hydrogen (secondary N) is 1. The summed E-state index contributed by atoms with van der Waals surface area (Å²) >= 11 is 0. The van der Waals surface area contributed by atoms with Crippen LogP contribution in [0.5, 0.6) is 0 Å². The smallest absolute Gasteiger partial charge is 0.245 e. The number of carbonyl (C=O) groups excluding carboxylic acids is 2. The highest BCUT2D eigenvalue weighted by Gasteiger charge is 2.40. The van der Waals surface area contributed by atoms with Crippen molar-refractivity contribution in [2.24, 2.45) is 5.92 Å². The van der Waals surface area contributed by atoms with E-state index in [9.17, 15) is 18.4 Å². The van der Waals surface area contributed by atoms with Gasteiger partial charge in [0.25, 0.3) is 0 Å². The van der Waals surface area contributed by atoms with Gasteiger partial charge in [0.05, 0.1) is 0 Å². The molecule has 1 fully saturated rings. The Bertz CT molecular complexity index is 575. The third-order valence-electron chi connectivity index (χ3n) is 3.60. The fourth-order valence-corrected chi connectivity index (χ4v) is 2.56. The zero-order valence-corrected chi connectivity index (χ0v) is 12.2. The average Bonchev–Trinajstić information content (AvgIpc) is 2.38. The van der Waals surface area contributed by atoms with Gasteiger partial charge >= 0.3 is 0 Å². The van der Waals surface area contributed by atoms with E-state index in [1.165, 1.54) is 11.0 Å². The number of hydrogen-bond donors (Lipinski definition) is 1. The largest absolute Gasteiger partial charge is 0.343 e. The van der Waals surface area contributed by atoms with Crippen molar-refractivity contribution in [2.75, 3.05) is 0 Å². The zero-order chi connectivity index (χ0) is 15.7. The molecule has 1 heterocycles. The highest BCUT2D eigenvalue weighted by atomic mass is 19.1. The summed E-state index contributed by atoms with van der Waals surface area (Å²) in [5.74, 6) is -2.02. The SMILES string of the molecule is CC1NC(=O)C(C(C)C)N(Cc2ccc(F)cc2F)C1=O. The first-order chi connectivity index (χ1) is 9.81. The van der Waals surface area contributed by atoms with Gasteiger partial charge in [-0.3, -0.25) is 9.59 Å². The van der Waals surface area contributed by atoms with Gasteiger partial charge in [0.1, 0.15) is 23.7 Å². The van der Waals surface area contributed by atoms with E-state index in [2.05, 4.69) is 5.32 Å². The van der Waals surface area contributed by atoms with Crippen molar-refractivity contribution in [3.63, 3.8) is 0 Å². The molecule has 6 heteroatoms. The van der Waals surface area contributed by atoms with Gasteiger partial charge < -0.3 is 10.2 Å². The molecule has 2 unspecified atom stereocenters. The van der Waals surface area contributed by atoms with Gasteiger partial charge in [0, 0.05) is 18.2 Å². The Hall–Kier alpha value is -1.98. The lowest BCUT2D eigenvalue weighted by Gasteiger charge is -2.40. The van der Waals surface area contributed by atoms with Gasteiger partial charge in [-0.25, -0.2) is 8.78 Å². The molecule has 2 rings (SSSR count). The van der Waals surface area contributed by atoms with Crippen molar-refractivity contribution >= 4 is 11.8 Å². The molecule has 0 aromatic heterocycles. The minimum absolute atomic E-state index is 0.0500. The second-order valence-corrected chi connectivity index (χ2v) is 5.62. The van der Waals surface area contributed by atoms with E-state index in [4.69, 9.17) is 0 Å². The summed E-state index contributed by atoms with van der Waals surface area (Å²) in [5.41, 5.74) is 0.192. The second kappa shape index (κ2) is 5.79. The molecule has 1 saturated heterocycles. The van der Waals surface area contributed by atoms with E-state index < -0.39 is 23.7 Å². The molecule has 1 aromatic rings. The van der Waals surface area contributed by atoms with Crippen LogP contribution in [0.1, 0.15) is 26.3 Å². The lowest BCUT2D eigenvalue weighted by Crippen LogP contribution is -2.63. The highest BCUT2D eigenvalue weighted by Crippen LogP contribution is 2.21. The van der Waals surface area contributed by atoms with Gasteiger partial charge in [-0.15, -0.1) is 0 Å². The quantitative estimate of drug-likeness (QED) is 0.925. The molecule has 0 spiro atoms. The van der Waals surface area contributed by atoms with E-state index >= 15 is 0 Å². The van der Waals surface area contributed by atoms with Crippen LogP contribution < -0.4 is 5.32 Å². The molecule has 1 aromatic carbocycles. The Labute approximate surface area is 122 Å². The Balaban J connectivity index is 2.32. The van der Waals surface area contributed by atoms with Crippen LogP contribution in [0.15, 0.2) is 18.2 Å². The summed E-state index contributed by atoms with van der Waals surface area (Å²) in [5, 5.41) is 2.62. The molecule has 4 nitrogen and oxygen atoms in total.